The second-order valence-corrected chi connectivity index (χ2v) is 5.92. The van der Waals surface area contributed by atoms with Gasteiger partial charge in [0.05, 0.1) is 0 Å². The second-order valence-electron chi connectivity index (χ2n) is 5.92. The molecule has 0 saturated carbocycles. The van der Waals surface area contributed by atoms with Crippen molar-refractivity contribution in [3.63, 3.8) is 0 Å². The number of benzene rings is 2. The molecule has 0 radical (unpaired) electrons. The van der Waals surface area contributed by atoms with Gasteiger partial charge in [0.15, 0.2) is 6.61 Å². The van der Waals surface area contributed by atoms with E-state index < -0.39 is 5.91 Å². The Kier molecular flexibility index (Phi) is 6.11. The van der Waals surface area contributed by atoms with Crippen molar-refractivity contribution in [1.29, 1.82) is 0 Å². The van der Waals surface area contributed by atoms with Crippen LogP contribution in [0, 0.1) is 18.7 Å². The molecule has 25 heavy (non-hydrogen) atoms. The molecule has 3 N–H and O–H groups in total. The van der Waals surface area contributed by atoms with Gasteiger partial charge in [0.2, 0.25) is 5.91 Å². The van der Waals surface area contributed by atoms with Crippen LogP contribution in [0.15, 0.2) is 42.5 Å². The van der Waals surface area contributed by atoms with Crippen LogP contribution in [0.1, 0.15) is 18.1 Å². The van der Waals surface area contributed by atoms with E-state index in [0.717, 1.165) is 5.56 Å². The lowest BCUT2D eigenvalue weighted by molar-refractivity contribution is -0.120. The fourth-order valence-electron chi connectivity index (χ4n) is 2.36. The third-order valence-corrected chi connectivity index (χ3v) is 3.77. The Bertz CT molecular complexity index is 777. The lowest BCUT2D eigenvalue weighted by Gasteiger charge is -2.15. The number of ether oxygens (including phenoxy) is 1. The summed E-state index contributed by atoms with van der Waals surface area (Å²) in [6, 6.07) is 11.5. The highest BCUT2D eigenvalue weighted by atomic mass is 19.1. The van der Waals surface area contributed by atoms with Gasteiger partial charge < -0.3 is 15.8 Å². The molecule has 0 aromatic heterocycles. The van der Waals surface area contributed by atoms with Gasteiger partial charge in [-0.15, -0.1) is 0 Å². The van der Waals surface area contributed by atoms with Crippen molar-refractivity contribution in [3.05, 3.63) is 59.4 Å². The lowest BCUT2D eigenvalue weighted by Crippen LogP contribution is -2.23. The molecule has 0 aliphatic rings. The number of nitrogens with one attached hydrogen (secondary N) is 1. The van der Waals surface area contributed by atoms with Crippen molar-refractivity contribution < 1.29 is 18.7 Å². The fourth-order valence-corrected chi connectivity index (χ4v) is 2.36. The minimum absolute atomic E-state index is 0.197. The van der Waals surface area contributed by atoms with Gasteiger partial charge in [0, 0.05) is 11.6 Å². The summed E-state index contributed by atoms with van der Waals surface area (Å²) in [6.45, 7) is 3.36. The Labute approximate surface area is 146 Å². The standard InChI is InChI=1S/C19H21FN2O3/c1-12-10-15(25-11-18(21)23)7-8-17(12)22-19(24)13(2)9-14-5-3-4-6-16(14)20/h3-8,10,13H,9,11H2,1-2H3,(H2,21,23)(H,22,24). The number of amides is 2. The van der Waals surface area contributed by atoms with Crippen molar-refractivity contribution in [2.45, 2.75) is 20.3 Å². The van der Waals surface area contributed by atoms with Crippen LogP contribution in [-0.2, 0) is 16.0 Å². The first kappa shape index (κ1) is 18.4. The van der Waals surface area contributed by atoms with Crippen molar-refractivity contribution in [2.75, 3.05) is 11.9 Å². The Morgan fingerprint density at radius 1 is 1.24 bits per heavy atom. The van der Waals surface area contributed by atoms with Gasteiger partial charge in [0.1, 0.15) is 11.6 Å². The van der Waals surface area contributed by atoms with Crippen LogP contribution in [0.4, 0.5) is 10.1 Å². The minimum atomic E-state index is -0.558. The van der Waals surface area contributed by atoms with Crippen LogP contribution in [0.2, 0.25) is 0 Å². The minimum Gasteiger partial charge on any atom is -0.484 e. The van der Waals surface area contributed by atoms with Crippen LogP contribution < -0.4 is 15.8 Å². The molecule has 0 bridgehead atoms. The van der Waals surface area contributed by atoms with E-state index in [-0.39, 0.29) is 24.2 Å². The Balaban J connectivity index is 1.99. The topological polar surface area (TPSA) is 81.4 Å². The summed E-state index contributed by atoms with van der Waals surface area (Å²) in [6.07, 6.45) is 0.317. The highest BCUT2D eigenvalue weighted by Gasteiger charge is 2.16. The Morgan fingerprint density at radius 3 is 2.60 bits per heavy atom. The molecule has 6 heteroatoms. The molecule has 0 aliphatic heterocycles. The molecule has 0 heterocycles. The third kappa shape index (κ3) is 5.31. The van der Waals surface area contributed by atoms with E-state index in [0.29, 0.717) is 23.4 Å². The smallest absolute Gasteiger partial charge is 0.255 e. The van der Waals surface area contributed by atoms with Gasteiger partial charge in [0.25, 0.3) is 5.91 Å². The molecule has 2 aromatic carbocycles. The highest BCUT2D eigenvalue weighted by molar-refractivity contribution is 5.93. The van der Waals surface area contributed by atoms with Crippen LogP contribution in [-0.4, -0.2) is 18.4 Å². The number of nitrogens with two attached hydrogens (primary N) is 1. The molecular formula is C19H21FN2O3. The molecule has 0 spiro atoms. The summed E-state index contributed by atoms with van der Waals surface area (Å²) in [7, 11) is 0. The summed E-state index contributed by atoms with van der Waals surface area (Å²) < 4.78 is 18.9. The monoisotopic (exact) mass is 344 g/mol. The van der Waals surface area contributed by atoms with E-state index in [1.165, 1.54) is 6.07 Å². The Hall–Kier alpha value is -2.89. The fraction of sp³-hybridized carbons (Fsp3) is 0.263. The van der Waals surface area contributed by atoms with Gasteiger partial charge in [-0.25, -0.2) is 4.39 Å². The second kappa shape index (κ2) is 8.28. The molecule has 0 aliphatic carbocycles. The van der Waals surface area contributed by atoms with Gasteiger partial charge in [-0.1, -0.05) is 25.1 Å². The number of hydrogen-bond donors (Lipinski definition) is 2. The maximum atomic E-state index is 13.7. The van der Waals surface area contributed by atoms with E-state index in [1.54, 1.807) is 43.3 Å². The zero-order valence-corrected chi connectivity index (χ0v) is 14.2. The van der Waals surface area contributed by atoms with Gasteiger partial charge >= 0.3 is 0 Å². The summed E-state index contributed by atoms with van der Waals surface area (Å²) in [5.41, 5.74) is 6.97. The van der Waals surface area contributed by atoms with E-state index >= 15 is 0 Å². The van der Waals surface area contributed by atoms with Crippen molar-refractivity contribution in [3.8, 4) is 5.75 Å². The zero-order valence-electron chi connectivity index (χ0n) is 14.2. The average molecular weight is 344 g/mol. The van der Waals surface area contributed by atoms with E-state index in [1.807, 2.05) is 6.92 Å². The molecule has 0 saturated heterocycles. The average Bonchev–Trinajstić information content (AvgIpc) is 2.57. The summed E-state index contributed by atoms with van der Waals surface area (Å²) in [5.74, 6) is -0.959. The SMILES string of the molecule is Cc1cc(OCC(N)=O)ccc1NC(=O)C(C)Cc1ccccc1F. The first-order valence-electron chi connectivity index (χ1n) is 7.93. The number of carbonyl (C=O) groups is 2. The number of carbonyl (C=O) groups excluding carboxylic acids is 2. The number of halogens is 1. The first-order valence-corrected chi connectivity index (χ1v) is 7.93. The predicted octanol–water partition coefficient (Wildman–Crippen LogP) is 2.82. The summed E-state index contributed by atoms with van der Waals surface area (Å²) >= 11 is 0. The third-order valence-electron chi connectivity index (χ3n) is 3.77. The van der Waals surface area contributed by atoms with Crippen LogP contribution in [0.3, 0.4) is 0 Å². The quantitative estimate of drug-likeness (QED) is 0.810. The molecule has 2 rings (SSSR count). The molecule has 2 aromatic rings. The Morgan fingerprint density at radius 2 is 1.96 bits per heavy atom. The van der Waals surface area contributed by atoms with E-state index in [2.05, 4.69) is 5.32 Å². The normalized spacial score (nSPS) is 11.6. The first-order chi connectivity index (χ1) is 11.9. The van der Waals surface area contributed by atoms with Crippen LogP contribution in [0.5, 0.6) is 5.75 Å². The van der Waals surface area contributed by atoms with E-state index in [4.69, 9.17) is 10.5 Å². The van der Waals surface area contributed by atoms with Gasteiger partial charge in [-0.05, 0) is 48.7 Å². The van der Waals surface area contributed by atoms with Crippen molar-refractivity contribution in [1.82, 2.24) is 0 Å². The summed E-state index contributed by atoms with van der Waals surface area (Å²) in [4.78, 5) is 23.1. The zero-order chi connectivity index (χ0) is 18.4. The van der Waals surface area contributed by atoms with Gasteiger partial charge in [-0.2, -0.15) is 0 Å². The molecule has 1 unspecified atom stereocenters. The molecule has 5 nitrogen and oxygen atoms in total. The number of rotatable bonds is 7. The van der Waals surface area contributed by atoms with Crippen molar-refractivity contribution >= 4 is 17.5 Å². The number of primary amides is 1. The predicted molar refractivity (Wildman–Crippen MR) is 93.8 cm³/mol. The molecule has 2 amide bonds. The lowest BCUT2D eigenvalue weighted by atomic mass is 9.99. The molecule has 132 valence electrons. The number of aryl methyl sites for hydroxylation is 1. The summed E-state index contributed by atoms with van der Waals surface area (Å²) in [5, 5.41) is 2.83. The van der Waals surface area contributed by atoms with Crippen LogP contribution >= 0.6 is 0 Å². The van der Waals surface area contributed by atoms with Crippen LogP contribution in [0.25, 0.3) is 0 Å². The maximum Gasteiger partial charge on any atom is 0.255 e. The van der Waals surface area contributed by atoms with Gasteiger partial charge in [-0.3, -0.25) is 9.59 Å². The van der Waals surface area contributed by atoms with Crippen molar-refractivity contribution in [2.24, 2.45) is 11.7 Å². The molecule has 0 fully saturated rings. The molecule has 1 atom stereocenters. The maximum absolute atomic E-state index is 13.7. The number of anilines is 1. The molecular weight excluding hydrogens is 323 g/mol. The largest absolute Gasteiger partial charge is 0.484 e. The number of hydrogen-bond acceptors (Lipinski definition) is 3. The van der Waals surface area contributed by atoms with E-state index in [9.17, 15) is 14.0 Å². The highest BCUT2D eigenvalue weighted by Crippen LogP contribution is 2.22.